The number of benzene rings is 1. The van der Waals surface area contributed by atoms with Crippen molar-refractivity contribution in [3.8, 4) is 11.5 Å². The van der Waals surface area contributed by atoms with Crippen molar-refractivity contribution < 1.29 is 9.47 Å². The topological polar surface area (TPSA) is 56.5 Å². The zero-order valence-electron chi connectivity index (χ0n) is 11.2. The molecule has 0 saturated heterocycles. The van der Waals surface area contributed by atoms with Crippen LogP contribution in [0, 0.1) is 0 Å². The van der Waals surface area contributed by atoms with Gasteiger partial charge in [-0.1, -0.05) is 6.07 Å². The Morgan fingerprint density at radius 3 is 2.83 bits per heavy atom. The molecule has 0 radical (unpaired) electrons. The van der Waals surface area contributed by atoms with Gasteiger partial charge in [-0.25, -0.2) is 0 Å². The number of hydrogen-bond acceptors (Lipinski definition) is 4. The number of nitrogens with two attached hydrogens (primary N) is 1. The van der Waals surface area contributed by atoms with E-state index in [2.05, 4.69) is 25.2 Å². The van der Waals surface area contributed by atoms with E-state index in [0.29, 0.717) is 6.79 Å². The highest BCUT2D eigenvalue weighted by Gasteiger charge is 2.13. The standard InChI is InChI=1S/C14H22N2O2/c1-14(2,15)6-3-7-16-9-11-4-5-12-13(8-11)18-10-17-12/h4-5,8,16H,3,6-7,9-10,15H2,1-2H3. The van der Waals surface area contributed by atoms with Crippen LogP contribution in [0.15, 0.2) is 18.2 Å². The van der Waals surface area contributed by atoms with Crippen LogP contribution in [0.3, 0.4) is 0 Å². The third kappa shape index (κ3) is 3.89. The zero-order valence-corrected chi connectivity index (χ0v) is 11.2. The third-order valence-corrected chi connectivity index (χ3v) is 2.94. The lowest BCUT2D eigenvalue weighted by Crippen LogP contribution is -2.32. The highest BCUT2D eigenvalue weighted by molar-refractivity contribution is 5.44. The molecule has 0 spiro atoms. The van der Waals surface area contributed by atoms with E-state index < -0.39 is 0 Å². The Bertz CT molecular complexity index is 399. The van der Waals surface area contributed by atoms with E-state index in [4.69, 9.17) is 15.2 Å². The molecule has 18 heavy (non-hydrogen) atoms. The van der Waals surface area contributed by atoms with Gasteiger partial charge in [-0.2, -0.15) is 0 Å². The van der Waals surface area contributed by atoms with Crippen LogP contribution in [0.4, 0.5) is 0 Å². The molecule has 1 aliphatic rings. The van der Waals surface area contributed by atoms with Crippen LogP contribution < -0.4 is 20.5 Å². The van der Waals surface area contributed by atoms with Gasteiger partial charge in [0, 0.05) is 12.1 Å². The summed E-state index contributed by atoms with van der Waals surface area (Å²) in [6.07, 6.45) is 2.12. The molecule has 1 aromatic carbocycles. The van der Waals surface area contributed by atoms with Gasteiger partial charge in [-0.15, -0.1) is 0 Å². The molecule has 0 bridgehead atoms. The van der Waals surface area contributed by atoms with E-state index in [9.17, 15) is 0 Å². The molecule has 1 aliphatic heterocycles. The summed E-state index contributed by atoms with van der Waals surface area (Å²) >= 11 is 0. The van der Waals surface area contributed by atoms with Gasteiger partial charge in [0.2, 0.25) is 6.79 Å². The van der Waals surface area contributed by atoms with Crippen molar-refractivity contribution in [1.82, 2.24) is 5.32 Å². The lowest BCUT2D eigenvalue weighted by atomic mass is 10.0. The summed E-state index contributed by atoms with van der Waals surface area (Å²) in [5, 5.41) is 3.41. The first-order valence-corrected chi connectivity index (χ1v) is 6.43. The normalized spacial score (nSPS) is 13.9. The van der Waals surface area contributed by atoms with E-state index in [1.165, 1.54) is 5.56 Å². The first kappa shape index (κ1) is 13.2. The Hall–Kier alpha value is -1.26. The molecule has 3 N–H and O–H groups in total. The average molecular weight is 250 g/mol. The van der Waals surface area contributed by atoms with Gasteiger partial charge in [0.25, 0.3) is 0 Å². The molecule has 2 rings (SSSR count). The summed E-state index contributed by atoms with van der Waals surface area (Å²) < 4.78 is 10.6. The Morgan fingerprint density at radius 1 is 1.28 bits per heavy atom. The maximum absolute atomic E-state index is 5.93. The van der Waals surface area contributed by atoms with Crippen LogP contribution in [0.1, 0.15) is 32.3 Å². The van der Waals surface area contributed by atoms with Gasteiger partial charge in [-0.05, 0) is 50.9 Å². The minimum Gasteiger partial charge on any atom is -0.454 e. The number of hydrogen-bond donors (Lipinski definition) is 2. The lowest BCUT2D eigenvalue weighted by Gasteiger charge is -2.18. The Morgan fingerprint density at radius 2 is 2.06 bits per heavy atom. The van der Waals surface area contributed by atoms with E-state index >= 15 is 0 Å². The lowest BCUT2D eigenvalue weighted by molar-refractivity contribution is 0.174. The van der Waals surface area contributed by atoms with Crippen LogP contribution in [0.2, 0.25) is 0 Å². The molecule has 0 amide bonds. The fourth-order valence-corrected chi connectivity index (χ4v) is 1.95. The predicted octanol–water partition coefficient (Wildman–Crippen LogP) is 2.02. The first-order chi connectivity index (χ1) is 8.54. The van der Waals surface area contributed by atoms with E-state index in [1.807, 2.05) is 12.1 Å². The van der Waals surface area contributed by atoms with Gasteiger partial charge in [-0.3, -0.25) is 0 Å². The van der Waals surface area contributed by atoms with Crippen molar-refractivity contribution in [2.24, 2.45) is 5.73 Å². The minimum absolute atomic E-state index is 0.0690. The molecule has 4 nitrogen and oxygen atoms in total. The molecule has 0 atom stereocenters. The zero-order chi connectivity index (χ0) is 13.0. The van der Waals surface area contributed by atoms with Crippen LogP contribution in [-0.4, -0.2) is 18.9 Å². The number of nitrogens with one attached hydrogen (secondary N) is 1. The summed E-state index contributed by atoms with van der Waals surface area (Å²) in [5.74, 6) is 1.68. The second kappa shape index (κ2) is 5.59. The van der Waals surface area contributed by atoms with Gasteiger partial charge in [0.15, 0.2) is 11.5 Å². The fraction of sp³-hybridized carbons (Fsp3) is 0.571. The SMILES string of the molecule is CC(C)(N)CCCNCc1ccc2c(c1)OCO2. The largest absolute Gasteiger partial charge is 0.454 e. The quantitative estimate of drug-likeness (QED) is 0.758. The van der Waals surface area contributed by atoms with Crippen LogP contribution in [-0.2, 0) is 6.54 Å². The second-order valence-corrected chi connectivity index (χ2v) is 5.46. The van der Waals surface area contributed by atoms with Gasteiger partial charge in [0.05, 0.1) is 0 Å². The number of ether oxygens (including phenoxy) is 2. The monoisotopic (exact) mass is 250 g/mol. The van der Waals surface area contributed by atoms with Gasteiger partial charge in [0.1, 0.15) is 0 Å². The maximum Gasteiger partial charge on any atom is 0.231 e. The van der Waals surface area contributed by atoms with E-state index in [1.54, 1.807) is 0 Å². The van der Waals surface area contributed by atoms with E-state index in [0.717, 1.165) is 37.4 Å². The van der Waals surface area contributed by atoms with E-state index in [-0.39, 0.29) is 5.54 Å². The molecule has 1 heterocycles. The molecule has 1 aromatic rings. The molecule has 4 heteroatoms. The first-order valence-electron chi connectivity index (χ1n) is 6.43. The molecule has 0 saturated carbocycles. The summed E-state index contributed by atoms with van der Waals surface area (Å²) in [4.78, 5) is 0. The second-order valence-electron chi connectivity index (χ2n) is 5.46. The molecule has 0 aliphatic carbocycles. The van der Waals surface area contributed by atoms with Crippen LogP contribution >= 0.6 is 0 Å². The van der Waals surface area contributed by atoms with Crippen LogP contribution in [0.25, 0.3) is 0 Å². The average Bonchev–Trinajstić information content (AvgIpc) is 2.74. The van der Waals surface area contributed by atoms with Crippen molar-refractivity contribution in [1.29, 1.82) is 0 Å². The highest BCUT2D eigenvalue weighted by Crippen LogP contribution is 2.32. The van der Waals surface area contributed by atoms with Crippen molar-refractivity contribution in [2.75, 3.05) is 13.3 Å². The summed E-state index contributed by atoms with van der Waals surface area (Å²) in [5.41, 5.74) is 7.08. The molecular weight excluding hydrogens is 228 g/mol. The summed E-state index contributed by atoms with van der Waals surface area (Å²) in [7, 11) is 0. The Labute approximate surface area is 108 Å². The van der Waals surface area contributed by atoms with Gasteiger partial charge < -0.3 is 20.5 Å². The van der Waals surface area contributed by atoms with Crippen LogP contribution in [0.5, 0.6) is 11.5 Å². The molecule has 0 aromatic heterocycles. The Balaban J connectivity index is 1.71. The predicted molar refractivity (Wildman–Crippen MR) is 71.8 cm³/mol. The maximum atomic E-state index is 5.93. The number of rotatable bonds is 6. The smallest absolute Gasteiger partial charge is 0.231 e. The fourth-order valence-electron chi connectivity index (χ4n) is 1.95. The summed E-state index contributed by atoms with van der Waals surface area (Å²) in [6, 6.07) is 6.05. The molecule has 0 fully saturated rings. The highest BCUT2D eigenvalue weighted by atomic mass is 16.7. The van der Waals surface area contributed by atoms with Crippen molar-refractivity contribution >= 4 is 0 Å². The minimum atomic E-state index is -0.0690. The third-order valence-electron chi connectivity index (χ3n) is 2.94. The summed E-state index contributed by atoms with van der Waals surface area (Å²) in [6.45, 7) is 6.28. The van der Waals surface area contributed by atoms with Crippen molar-refractivity contribution in [3.63, 3.8) is 0 Å². The molecule has 0 unspecified atom stereocenters. The van der Waals surface area contributed by atoms with Crippen molar-refractivity contribution in [2.45, 2.75) is 38.8 Å². The van der Waals surface area contributed by atoms with Gasteiger partial charge >= 0.3 is 0 Å². The number of fused-ring (bicyclic) bond motifs is 1. The molecular formula is C14H22N2O2. The van der Waals surface area contributed by atoms with Crippen molar-refractivity contribution in [3.05, 3.63) is 23.8 Å². The Kier molecular flexibility index (Phi) is 4.09. The molecule has 100 valence electrons.